The first-order valence-electron chi connectivity index (χ1n) is 12.6. The third-order valence-corrected chi connectivity index (χ3v) is 7.04. The molecule has 0 aliphatic carbocycles. The van der Waals surface area contributed by atoms with Crippen molar-refractivity contribution in [1.29, 1.82) is 0 Å². The topological polar surface area (TPSA) is 89.8 Å². The molecule has 0 aromatic heterocycles. The molecule has 0 radical (unpaired) electrons. The summed E-state index contributed by atoms with van der Waals surface area (Å²) >= 11 is 1.42. The Morgan fingerprint density at radius 1 is 0.900 bits per heavy atom. The molecule has 4 aromatic rings. The van der Waals surface area contributed by atoms with Crippen molar-refractivity contribution in [2.24, 2.45) is 10.2 Å². The van der Waals surface area contributed by atoms with Crippen molar-refractivity contribution < 1.29 is 14.6 Å². The monoisotopic (exact) mass is 555 g/mol. The number of carbonyl (C=O) groups is 1. The van der Waals surface area contributed by atoms with Gasteiger partial charge in [-0.1, -0.05) is 24.3 Å². The van der Waals surface area contributed by atoms with Crippen molar-refractivity contribution in [3.63, 3.8) is 0 Å². The molecule has 4 aromatic carbocycles. The minimum atomic E-state index is -0.120. The molecular formula is C31H33N5O3S. The number of anilines is 2. The lowest BCUT2D eigenvalue weighted by Gasteiger charge is -2.14. The highest BCUT2D eigenvalue weighted by Crippen LogP contribution is 2.35. The van der Waals surface area contributed by atoms with Gasteiger partial charge in [0.15, 0.2) is 0 Å². The molecule has 0 saturated heterocycles. The molecule has 40 heavy (non-hydrogen) atoms. The van der Waals surface area contributed by atoms with E-state index in [1.807, 2.05) is 104 Å². The second kappa shape index (κ2) is 13.1. The van der Waals surface area contributed by atoms with Crippen LogP contribution in [0.5, 0.6) is 5.75 Å². The summed E-state index contributed by atoms with van der Waals surface area (Å²) in [5, 5.41) is 18.5. The molecule has 0 aliphatic rings. The van der Waals surface area contributed by atoms with Crippen LogP contribution in [0, 0.1) is 0 Å². The fourth-order valence-corrected chi connectivity index (χ4v) is 4.75. The van der Waals surface area contributed by atoms with Crippen LogP contribution >= 0.6 is 11.9 Å². The predicted molar refractivity (Wildman–Crippen MR) is 163 cm³/mol. The number of nitrogens with one attached hydrogen (secondary N) is 1. The fraction of sp³-hybridized carbons (Fsp3) is 0.194. The molecule has 0 spiro atoms. The summed E-state index contributed by atoms with van der Waals surface area (Å²) in [5.41, 5.74) is 6.40. The molecule has 0 heterocycles. The summed E-state index contributed by atoms with van der Waals surface area (Å²) in [5.74, 6) is 0.692. The van der Waals surface area contributed by atoms with Gasteiger partial charge in [0.05, 0.1) is 30.0 Å². The molecular weight excluding hydrogens is 522 g/mol. The predicted octanol–water partition coefficient (Wildman–Crippen LogP) is 7.16. The van der Waals surface area contributed by atoms with Gasteiger partial charge in [-0.05, 0) is 83.7 Å². The average molecular weight is 556 g/mol. The number of rotatable bonds is 10. The molecule has 2 N–H and O–H groups in total. The maximum Gasteiger partial charge on any atom is 0.253 e. The second-order valence-electron chi connectivity index (χ2n) is 9.47. The van der Waals surface area contributed by atoms with E-state index in [9.17, 15) is 9.90 Å². The third kappa shape index (κ3) is 6.99. The van der Waals surface area contributed by atoms with Crippen LogP contribution in [0.3, 0.4) is 0 Å². The number of hydrogen-bond acceptors (Lipinski definition) is 8. The molecule has 0 unspecified atom stereocenters. The van der Waals surface area contributed by atoms with Gasteiger partial charge in [0.2, 0.25) is 0 Å². The molecule has 0 fully saturated rings. The normalized spacial score (nSPS) is 10.9. The number of azo groups is 1. The number of benzene rings is 4. The van der Waals surface area contributed by atoms with Gasteiger partial charge in [0.25, 0.3) is 5.91 Å². The SMILES string of the molecule is COc1ccc(-c2cccc(C(=O)N(C)C)c2)cc1SNc1cccc(N=Nc2ccc(N(C)C)cc2CO)c1. The van der Waals surface area contributed by atoms with Crippen LogP contribution in [0.15, 0.2) is 100 Å². The molecule has 8 nitrogen and oxygen atoms in total. The summed E-state index contributed by atoms with van der Waals surface area (Å²) in [6, 6.07) is 26.9. The highest BCUT2D eigenvalue weighted by Gasteiger charge is 2.12. The first kappa shape index (κ1) is 28.7. The van der Waals surface area contributed by atoms with Crippen LogP contribution in [0.25, 0.3) is 11.1 Å². The van der Waals surface area contributed by atoms with Crippen LogP contribution in [0.1, 0.15) is 15.9 Å². The number of methoxy groups -OCH3 is 1. The lowest BCUT2D eigenvalue weighted by molar-refractivity contribution is 0.0827. The van der Waals surface area contributed by atoms with Gasteiger partial charge < -0.3 is 24.4 Å². The molecule has 0 bridgehead atoms. The first-order chi connectivity index (χ1) is 19.3. The number of amides is 1. The average Bonchev–Trinajstić information content (AvgIpc) is 2.98. The zero-order valence-corrected chi connectivity index (χ0v) is 24.1. The van der Waals surface area contributed by atoms with Gasteiger partial charge in [-0.2, -0.15) is 10.2 Å². The van der Waals surface area contributed by atoms with E-state index in [0.29, 0.717) is 22.5 Å². The lowest BCUT2D eigenvalue weighted by atomic mass is 10.0. The summed E-state index contributed by atoms with van der Waals surface area (Å²) in [6.07, 6.45) is 0. The van der Waals surface area contributed by atoms with Crippen molar-refractivity contribution in [3.8, 4) is 16.9 Å². The number of hydrogen-bond donors (Lipinski definition) is 2. The van der Waals surface area contributed by atoms with Crippen LogP contribution in [-0.4, -0.2) is 51.2 Å². The number of ether oxygens (including phenoxy) is 1. The Morgan fingerprint density at radius 2 is 1.68 bits per heavy atom. The fourth-order valence-electron chi connectivity index (χ4n) is 3.96. The van der Waals surface area contributed by atoms with Gasteiger partial charge >= 0.3 is 0 Å². The van der Waals surface area contributed by atoms with Gasteiger partial charge in [-0.25, -0.2) is 0 Å². The van der Waals surface area contributed by atoms with Crippen LogP contribution < -0.4 is 14.4 Å². The van der Waals surface area contributed by atoms with E-state index in [0.717, 1.165) is 33.1 Å². The number of nitrogens with zero attached hydrogens (tertiary/aromatic N) is 4. The lowest BCUT2D eigenvalue weighted by Crippen LogP contribution is -2.21. The van der Waals surface area contributed by atoms with Gasteiger partial charge in [0.1, 0.15) is 5.75 Å². The van der Waals surface area contributed by atoms with Crippen molar-refractivity contribution in [1.82, 2.24) is 4.90 Å². The molecule has 0 atom stereocenters. The van der Waals surface area contributed by atoms with Crippen molar-refractivity contribution in [2.45, 2.75) is 11.5 Å². The van der Waals surface area contributed by atoms with E-state index < -0.39 is 0 Å². The Bertz CT molecular complexity index is 1520. The number of carbonyl (C=O) groups excluding carboxylic acids is 1. The zero-order chi connectivity index (χ0) is 28.6. The van der Waals surface area contributed by atoms with Gasteiger partial charge in [0, 0.05) is 50.7 Å². The van der Waals surface area contributed by atoms with Gasteiger partial charge in [-0.15, -0.1) is 0 Å². The highest BCUT2D eigenvalue weighted by molar-refractivity contribution is 8.00. The Labute approximate surface area is 239 Å². The maximum atomic E-state index is 12.4. The van der Waals surface area contributed by atoms with Crippen LogP contribution in [-0.2, 0) is 6.61 Å². The van der Waals surface area contributed by atoms with E-state index >= 15 is 0 Å². The Hall–Kier alpha value is -4.34. The van der Waals surface area contributed by atoms with Crippen molar-refractivity contribution >= 4 is 40.6 Å². The number of aliphatic hydroxyl groups is 1. The Balaban J connectivity index is 1.52. The summed E-state index contributed by atoms with van der Waals surface area (Å²) in [4.78, 5) is 16.9. The maximum absolute atomic E-state index is 12.4. The highest BCUT2D eigenvalue weighted by atomic mass is 32.2. The van der Waals surface area contributed by atoms with E-state index in [4.69, 9.17) is 4.74 Å². The molecule has 206 valence electrons. The molecule has 1 amide bonds. The largest absolute Gasteiger partial charge is 0.496 e. The van der Waals surface area contributed by atoms with E-state index in [1.165, 1.54) is 11.9 Å². The third-order valence-electron chi connectivity index (χ3n) is 6.16. The molecule has 4 rings (SSSR count). The second-order valence-corrected chi connectivity index (χ2v) is 10.3. The molecule has 9 heteroatoms. The van der Waals surface area contributed by atoms with Gasteiger partial charge in [-0.3, -0.25) is 4.79 Å². The van der Waals surface area contributed by atoms with Crippen LogP contribution in [0.2, 0.25) is 0 Å². The Kier molecular flexibility index (Phi) is 9.42. The molecule has 0 saturated carbocycles. The standard InChI is InChI=1S/C31H33N5O3S/c1-35(2)27-13-14-28(24(17-27)20-37)33-32-25-10-7-11-26(19-25)34-40-30-18-22(12-15-29(30)39-5)21-8-6-9-23(16-21)31(38)36(3)4/h6-19,34,37H,20H2,1-5H3. The smallest absolute Gasteiger partial charge is 0.253 e. The minimum absolute atomic E-state index is 0.0400. The van der Waals surface area contributed by atoms with Crippen LogP contribution in [0.4, 0.5) is 22.7 Å². The van der Waals surface area contributed by atoms with E-state index in [2.05, 4.69) is 15.0 Å². The van der Waals surface area contributed by atoms with Crippen molar-refractivity contribution in [2.75, 3.05) is 44.9 Å². The Morgan fingerprint density at radius 3 is 2.40 bits per heavy atom. The molecule has 0 aliphatic heterocycles. The number of aliphatic hydroxyl groups excluding tert-OH is 1. The summed E-state index contributed by atoms with van der Waals surface area (Å²) in [7, 11) is 9.03. The quantitative estimate of drug-likeness (QED) is 0.159. The van der Waals surface area contributed by atoms with Crippen molar-refractivity contribution in [3.05, 3.63) is 96.1 Å². The minimum Gasteiger partial charge on any atom is -0.496 e. The zero-order valence-electron chi connectivity index (χ0n) is 23.3. The van der Waals surface area contributed by atoms with E-state index in [1.54, 1.807) is 26.1 Å². The summed E-state index contributed by atoms with van der Waals surface area (Å²) in [6.45, 7) is -0.120. The van der Waals surface area contributed by atoms with E-state index in [-0.39, 0.29) is 12.5 Å². The summed E-state index contributed by atoms with van der Waals surface area (Å²) < 4.78 is 8.96. The first-order valence-corrected chi connectivity index (χ1v) is 13.5.